The first-order valence-electron chi connectivity index (χ1n) is 5.82. The van der Waals surface area contributed by atoms with E-state index in [1.807, 2.05) is 24.3 Å². The number of nitrogens with two attached hydrogens (primary N) is 1. The second-order valence-electron chi connectivity index (χ2n) is 4.25. The second-order valence-corrected chi connectivity index (χ2v) is 4.25. The molecule has 0 aromatic heterocycles. The first kappa shape index (κ1) is 11.8. The van der Waals surface area contributed by atoms with Crippen LogP contribution in [0.2, 0.25) is 0 Å². The molecule has 4 heteroatoms. The predicted octanol–water partition coefficient (Wildman–Crippen LogP) is 1.18. The number of nitrogens with zero attached hydrogens (tertiary/aromatic N) is 1. The third-order valence-corrected chi connectivity index (χ3v) is 2.98. The highest BCUT2D eigenvalue weighted by atomic mass is 16.2. The molecule has 1 fully saturated rings. The van der Waals surface area contributed by atoms with E-state index in [9.17, 15) is 9.59 Å². The normalized spacial score (nSPS) is 16.4. The van der Waals surface area contributed by atoms with E-state index >= 15 is 0 Å². The van der Waals surface area contributed by atoms with Crippen molar-refractivity contribution in [3.05, 3.63) is 35.4 Å². The molecule has 1 aromatic carbocycles. The van der Waals surface area contributed by atoms with Crippen molar-refractivity contribution in [1.29, 1.82) is 0 Å². The van der Waals surface area contributed by atoms with Crippen LogP contribution >= 0.6 is 0 Å². The van der Waals surface area contributed by atoms with E-state index in [2.05, 4.69) is 0 Å². The number of piperidine rings is 1. The average molecular weight is 232 g/mol. The number of carbonyl (C=O) groups is 2. The Morgan fingerprint density at radius 2 is 1.53 bits per heavy atom. The Balaban J connectivity index is 2.08. The molecule has 90 valence electrons. The van der Waals surface area contributed by atoms with Crippen LogP contribution in [0.25, 0.3) is 0 Å². The summed E-state index contributed by atoms with van der Waals surface area (Å²) in [6.45, 7) is 0.879. The molecule has 0 spiro atoms. The highest BCUT2D eigenvalue weighted by Crippen LogP contribution is 2.16. The number of likely N-dealkylation sites (tertiary alicyclic amines) is 1. The van der Waals surface area contributed by atoms with Crippen molar-refractivity contribution in [3.63, 3.8) is 0 Å². The Morgan fingerprint density at radius 1 is 1.00 bits per heavy atom. The first-order chi connectivity index (χ1) is 8.20. The molecular weight excluding hydrogens is 216 g/mol. The predicted molar refractivity (Wildman–Crippen MR) is 63.7 cm³/mol. The van der Waals surface area contributed by atoms with Gasteiger partial charge >= 0.3 is 0 Å². The molecule has 17 heavy (non-hydrogen) atoms. The standard InChI is InChI=1S/C13H16N2O2/c14-8-10-4-6-11(7-5-10)9-15-12(16)2-1-3-13(15)17/h4-7H,1-3,8-9,14H2. The molecule has 2 amide bonds. The van der Waals surface area contributed by atoms with Gasteiger partial charge in [0.25, 0.3) is 0 Å². The van der Waals surface area contributed by atoms with E-state index in [1.165, 1.54) is 4.90 Å². The molecular formula is C13H16N2O2. The zero-order valence-corrected chi connectivity index (χ0v) is 9.69. The van der Waals surface area contributed by atoms with Crippen molar-refractivity contribution >= 4 is 11.8 Å². The number of carbonyl (C=O) groups excluding carboxylic acids is 2. The molecule has 0 radical (unpaired) electrons. The van der Waals surface area contributed by atoms with Gasteiger partial charge in [0, 0.05) is 19.4 Å². The summed E-state index contributed by atoms with van der Waals surface area (Å²) in [5.74, 6) is -0.131. The smallest absolute Gasteiger partial charge is 0.229 e. The molecule has 1 saturated heterocycles. The molecule has 0 atom stereocenters. The summed E-state index contributed by atoms with van der Waals surface area (Å²) in [5.41, 5.74) is 7.52. The van der Waals surface area contributed by atoms with Crippen LogP contribution in [0.3, 0.4) is 0 Å². The molecule has 1 aromatic rings. The lowest BCUT2D eigenvalue weighted by Crippen LogP contribution is -2.39. The van der Waals surface area contributed by atoms with Gasteiger partial charge in [-0.1, -0.05) is 24.3 Å². The fraction of sp³-hybridized carbons (Fsp3) is 0.385. The van der Waals surface area contributed by atoms with Crippen LogP contribution in [-0.4, -0.2) is 16.7 Å². The van der Waals surface area contributed by atoms with Gasteiger partial charge in [-0.2, -0.15) is 0 Å². The monoisotopic (exact) mass is 232 g/mol. The Bertz CT molecular complexity index is 410. The quantitative estimate of drug-likeness (QED) is 0.796. The highest BCUT2D eigenvalue weighted by Gasteiger charge is 2.25. The zero-order valence-electron chi connectivity index (χ0n) is 9.69. The van der Waals surface area contributed by atoms with Gasteiger partial charge in [0.2, 0.25) is 11.8 Å². The van der Waals surface area contributed by atoms with Gasteiger partial charge in [-0.3, -0.25) is 14.5 Å². The van der Waals surface area contributed by atoms with Crippen molar-refractivity contribution < 1.29 is 9.59 Å². The third-order valence-electron chi connectivity index (χ3n) is 2.98. The maximum atomic E-state index is 11.6. The number of hydrogen-bond donors (Lipinski definition) is 1. The average Bonchev–Trinajstić information content (AvgIpc) is 2.35. The van der Waals surface area contributed by atoms with Crippen LogP contribution in [0.5, 0.6) is 0 Å². The number of imide groups is 1. The van der Waals surface area contributed by atoms with Crippen LogP contribution < -0.4 is 5.73 Å². The Labute approximate surface area is 100 Å². The van der Waals surface area contributed by atoms with Gasteiger partial charge in [0.05, 0.1) is 6.54 Å². The van der Waals surface area contributed by atoms with Crippen LogP contribution in [-0.2, 0) is 22.7 Å². The largest absolute Gasteiger partial charge is 0.326 e. The van der Waals surface area contributed by atoms with Gasteiger partial charge < -0.3 is 5.73 Å². The van der Waals surface area contributed by atoms with E-state index in [0.717, 1.165) is 11.1 Å². The number of amides is 2. The summed E-state index contributed by atoms with van der Waals surface area (Å²) < 4.78 is 0. The van der Waals surface area contributed by atoms with Crippen LogP contribution in [0.4, 0.5) is 0 Å². The fourth-order valence-corrected chi connectivity index (χ4v) is 1.94. The van der Waals surface area contributed by atoms with Crippen LogP contribution in [0.1, 0.15) is 30.4 Å². The van der Waals surface area contributed by atoms with Crippen molar-refractivity contribution in [1.82, 2.24) is 4.90 Å². The van der Waals surface area contributed by atoms with Crippen molar-refractivity contribution in [2.45, 2.75) is 32.4 Å². The van der Waals surface area contributed by atoms with Gasteiger partial charge in [0.1, 0.15) is 0 Å². The lowest BCUT2D eigenvalue weighted by molar-refractivity contribution is -0.148. The minimum absolute atomic E-state index is 0.0656. The second kappa shape index (κ2) is 5.10. The summed E-state index contributed by atoms with van der Waals surface area (Å²) in [7, 11) is 0. The topological polar surface area (TPSA) is 63.4 Å². The molecule has 2 N–H and O–H groups in total. The molecule has 4 nitrogen and oxygen atoms in total. The Kier molecular flexibility index (Phi) is 3.54. The molecule has 1 aliphatic heterocycles. The van der Waals surface area contributed by atoms with E-state index in [4.69, 9.17) is 5.73 Å². The summed E-state index contributed by atoms with van der Waals surface area (Å²) in [5, 5.41) is 0. The first-order valence-corrected chi connectivity index (χ1v) is 5.82. The molecule has 1 heterocycles. The van der Waals surface area contributed by atoms with Crippen molar-refractivity contribution in [3.8, 4) is 0 Å². The maximum Gasteiger partial charge on any atom is 0.229 e. The lowest BCUT2D eigenvalue weighted by Gasteiger charge is -2.24. The fourth-order valence-electron chi connectivity index (χ4n) is 1.94. The number of benzene rings is 1. The van der Waals surface area contributed by atoms with Crippen molar-refractivity contribution in [2.75, 3.05) is 0 Å². The Morgan fingerprint density at radius 3 is 2.06 bits per heavy atom. The lowest BCUT2D eigenvalue weighted by atomic mass is 10.1. The molecule has 2 rings (SSSR count). The summed E-state index contributed by atoms with van der Waals surface area (Å²) >= 11 is 0. The van der Waals surface area contributed by atoms with Gasteiger partial charge in [-0.25, -0.2) is 0 Å². The van der Waals surface area contributed by atoms with Gasteiger partial charge in [0.15, 0.2) is 0 Å². The van der Waals surface area contributed by atoms with E-state index in [0.29, 0.717) is 32.4 Å². The van der Waals surface area contributed by atoms with Gasteiger partial charge in [-0.05, 0) is 17.5 Å². The summed E-state index contributed by atoms with van der Waals surface area (Å²) in [6.07, 6.45) is 1.64. The molecule has 0 unspecified atom stereocenters. The third kappa shape index (κ3) is 2.71. The molecule has 1 aliphatic rings. The Hall–Kier alpha value is -1.68. The minimum Gasteiger partial charge on any atom is -0.326 e. The zero-order chi connectivity index (χ0) is 12.3. The van der Waals surface area contributed by atoms with Crippen LogP contribution in [0.15, 0.2) is 24.3 Å². The van der Waals surface area contributed by atoms with Gasteiger partial charge in [-0.15, -0.1) is 0 Å². The van der Waals surface area contributed by atoms with E-state index < -0.39 is 0 Å². The SMILES string of the molecule is NCc1ccc(CN2C(=O)CCCC2=O)cc1. The number of hydrogen-bond acceptors (Lipinski definition) is 3. The molecule has 0 bridgehead atoms. The summed E-state index contributed by atoms with van der Waals surface area (Å²) in [6, 6.07) is 7.68. The molecule has 0 aliphatic carbocycles. The van der Waals surface area contributed by atoms with E-state index in [1.54, 1.807) is 0 Å². The van der Waals surface area contributed by atoms with Crippen molar-refractivity contribution in [2.24, 2.45) is 5.73 Å². The highest BCUT2D eigenvalue weighted by molar-refractivity contribution is 5.97. The number of rotatable bonds is 3. The van der Waals surface area contributed by atoms with Crippen LogP contribution in [0, 0.1) is 0 Å². The summed E-state index contributed by atoms with van der Waals surface area (Å²) in [4.78, 5) is 24.6. The minimum atomic E-state index is -0.0656. The van der Waals surface area contributed by atoms with E-state index in [-0.39, 0.29) is 11.8 Å². The molecule has 0 saturated carbocycles. The maximum absolute atomic E-state index is 11.6.